The van der Waals surface area contributed by atoms with Crippen molar-refractivity contribution in [1.29, 1.82) is 0 Å². The Kier molecular flexibility index (Phi) is 8.18. The monoisotopic (exact) mass is 463 g/mol. The van der Waals surface area contributed by atoms with E-state index in [0.717, 1.165) is 39.3 Å². The number of ether oxygens (including phenoxy) is 1. The average Bonchev–Trinajstić information content (AvgIpc) is 2.73. The molecule has 0 bridgehead atoms. The molecule has 2 aliphatic rings. The second-order valence-electron chi connectivity index (χ2n) is 7.38. The maximum Gasteiger partial charge on any atom is 0.244 e. The summed E-state index contributed by atoms with van der Waals surface area (Å²) in [4.78, 5) is 14.9. The zero-order valence-electron chi connectivity index (χ0n) is 16.3. The van der Waals surface area contributed by atoms with Crippen molar-refractivity contribution in [3.05, 3.63) is 28.2 Å². The minimum atomic E-state index is -3.80. The van der Waals surface area contributed by atoms with Gasteiger partial charge in [0.15, 0.2) is 0 Å². The minimum Gasteiger partial charge on any atom is -0.379 e. The molecule has 1 amide bonds. The zero-order chi connectivity index (χ0) is 20.9. The molecule has 10 heteroatoms. The molecule has 1 aromatic rings. The molecule has 162 valence electrons. The molecule has 7 nitrogen and oxygen atoms in total. The Bertz CT molecular complexity index is 816. The third kappa shape index (κ3) is 6.06. The van der Waals surface area contributed by atoms with Crippen LogP contribution in [0.25, 0.3) is 0 Å². The molecule has 2 heterocycles. The Hall–Kier alpha value is -0.900. The van der Waals surface area contributed by atoms with E-state index < -0.39 is 10.0 Å². The maximum absolute atomic E-state index is 13.0. The lowest BCUT2D eigenvalue weighted by molar-refractivity contribution is -0.126. The number of rotatable bonds is 7. The molecule has 0 spiro atoms. The van der Waals surface area contributed by atoms with E-state index in [1.165, 1.54) is 16.4 Å². The SMILES string of the molecule is O=C(NCCCN1CCOCC1)[C@@H]1CCCN(S(=O)(=O)c2cc(Cl)ccc2Cl)C1. The highest BCUT2D eigenvalue weighted by molar-refractivity contribution is 7.89. The molecule has 29 heavy (non-hydrogen) atoms. The first kappa shape index (κ1) is 22.8. The number of nitrogens with one attached hydrogen (secondary N) is 1. The van der Waals surface area contributed by atoms with Crippen LogP contribution in [0.15, 0.2) is 23.1 Å². The number of carbonyl (C=O) groups excluding carboxylic acids is 1. The van der Waals surface area contributed by atoms with E-state index in [-0.39, 0.29) is 28.3 Å². The van der Waals surface area contributed by atoms with Crippen molar-refractivity contribution in [2.45, 2.75) is 24.2 Å². The number of amides is 1. The van der Waals surface area contributed by atoms with Crippen LogP contribution >= 0.6 is 23.2 Å². The summed E-state index contributed by atoms with van der Waals surface area (Å²) in [5.74, 6) is -0.455. The first-order valence-corrected chi connectivity index (χ1v) is 12.1. The number of hydrogen-bond acceptors (Lipinski definition) is 5. The number of piperidine rings is 1. The second-order valence-corrected chi connectivity index (χ2v) is 10.1. The summed E-state index contributed by atoms with van der Waals surface area (Å²) in [7, 11) is -3.80. The summed E-state index contributed by atoms with van der Waals surface area (Å²) in [6.07, 6.45) is 2.16. The lowest BCUT2D eigenvalue weighted by atomic mass is 9.99. The van der Waals surface area contributed by atoms with E-state index in [1.807, 2.05) is 0 Å². The Labute approximate surface area is 182 Å². The van der Waals surface area contributed by atoms with E-state index in [0.29, 0.717) is 31.0 Å². The minimum absolute atomic E-state index is 0.0155. The molecule has 2 fully saturated rings. The van der Waals surface area contributed by atoms with Gasteiger partial charge in [-0.2, -0.15) is 4.31 Å². The van der Waals surface area contributed by atoms with Crippen molar-refractivity contribution in [3.8, 4) is 0 Å². The normalized spacial score (nSPS) is 21.8. The number of sulfonamides is 1. The highest BCUT2D eigenvalue weighted by Gasteiger charge is 2.34. The highest BCUT2D eigenvalue weighted by Crippen LogP contribution is 2.30. The predicted molar refractivity (Wildman–Crippen MR) is 113 cm³/mol. The van der Waals surface area contributed by atoms with Gasteiger partial charge in [0, 0.05) is 37.7 Å². The number of halogens is 2. The smallest absolute Gasteiger partial charge is 0.244 e. The fourth-order valence-electron chi connectivity index (χ4n) is 3.67. The van der Waals surface area contributed by atoms with Gasteiger partial charge in [0.1, 0.15) is 4.90 Å². The van der Waals surface area contributed by atoms with Gasteiger partial charge in [-0.1, -0.05) is 23.2 Å². The maximum atomic E-state index is 13.0. The van der Waals surface area contributed by atoms with E-state index in [2.05, 4.69) is 10.2 Å². The third-order valence-electron chi connectivity index (χ3n) is 5.32. The van der Waals surface area contributed by atoms with Gasteiger partial charge in [-0.3, -0.25) is 9.69 Å². The molecule has 1 atom stereocenters. The Morgan fingerprint density at radius 3 is 2.72 bits per heavy atom. The van der Waals surface area contributed by atoms with Crippen molar-refractivity contribution in [1.82, 2.24) is 14.5 Å². The average molecular weight is 464 g/mol. The van der Waals surface area contributed by atoms with E-state index in [4.69, 9.17) is 27.9 Å². The molecule has 1 N–H and O–H groups in total. The van der Waals surface area contributed by atoms with Crippen LogP contribution in [-0.4, -0.2) is 76.0 Å². The Morgan fingerprint density at radius 1 is 1.21 bits per heavy atom. The zero-order valence-corrected chi connectivity index (χ0v) is 18.6. The van der Waals surface area contributed by atoms with Crippen LogP contribution < -0.4 is 5.32 Å². The number of morpholine rings is 1. The molecule has 2 aliphatic heterocycles. The molecule has 3 rings (SSSR count). The van der Waals surface area contributed by atoms with Crippen molar-refractivity contribution in [2.75, 3.05) is 52.5 Å². The molecule has 0 radical (unpaired) electrons. The highest BCUT2D eigenvalue weighted by atomic mass is 35.5. The van der Waals surface area contributed by atoms with Gasteiger partial charge in [0.2, 0.25) is 15.9 Å². The first-order valence-electron chi connectivity index (χ1n) is 9.91. The lowest BCUT2D eigenvalue weighted by Crippen LogP contribution is -2.46. The van der Waals surface area contributed by atoms with Crippen molar-refractivity contribution in [2.24, 2.45) is 5.92 Å². The first-order chi connectivity index (χ1) is 13.9. The molecular weight excluding hydrogens is 437 g/mol. The standard InChI is InChI=1S/C19H27Cl2N3O4S/c20-16-4-5-17(21)18(13-16)29(26,27)24-8-1-3-15(14-24)19(25)22-6-2-7-23-9-11-28-12-10-23/h4-5,13,15H,1-3,6-12,14H2,(H,22,25)/t15-/m1/s1. The summed E-state index contributed by atoms with van der Waals surface area (Å²) in [6.45, 7) is 5.39. The van der Waals surface area contributed by atoms with E-state index >= 15 is 0 Å². The van der Waals surface area contributed by atoms with Crippen LogP contribution in [0.4, 0.5) is 0 Å². The fraction of sp³-hybridized carbons (Fsp3) is 0.632. The molecule has 0 aliphatic carbocycles. The van der Waals surface area contributed by atoms with Gasteiger partial charge < -0.3 is 10.1 Å². The van der Waals surface area contributed by atoms with Crippen LogP contribution in [0.2, 0.25) is 10.0 Å². The molecular formula is C19H27Cl2N3O4S. The van der Waals surface area contributed by atoms with E-state index in [1.54, 1.807) is 6.07 Å². The Morgan fingerprint density at radius 2 is 1.97 bits per heavy atom. The van der Waals surface area contributed by atoms with Crippen LogP contribution in [0.5, 0.6) is 0 Å². The van der Waals surface area contributed by atoms with E-state index in [9.17, 15) is 13.2 Å². The molecule has 2 saturated heterocycles. The Balaban J connectivity index is 1.52. The third-order valence-corrected chi connectivity index (χ3v) is 7.90. The van der Waals surface area contributed by atoms with Crippen molar-refractivity contribution < 1.29 is 17.9 Å². The summed E-state index contributed by atoms with van der Waals surface area (Å²) < 4.78 is 32.7. The van der Waals surface area contributed by atoms with Gasteiger partial charge in [0.25, 0.3) is 0 Å². The number of nitrogens with zero attached hydrogens (tertiary/aromatic N) is 2. The lowest BCUT2D eigenvalue weighted by Gasteiger charge is -2.31. The van der Waals surface area contributed by atoms with Gasteiger partial charge in [-0.15, -0.1) is 0 Å². The molecule has 0 aromatic heterocycles. The van der Waals surface area contributed by atoms with Gasteiger partial charge >= 0.3 is 0 Å². The van der Waals surface area contributed by atoms with Crippen molar-refractivity contribution >= 4 is 39.1 Å². The van der Waals surface area contributed by atoms with Crippen LogP contribution in [0.1, 0.15) is 19.3 Å². The summed E-state index contributed by atoms with van der Waals surface area (Å²) in [5.41, 5.74) is 0. The summed E-state index contributed by atoms with van der Waals surface area (Å²) in [6, 6.07) is 4.38. The quantitative estimate of drug-likeness (QED) is 0.627. The molecule has 0 saturated carbocycles. The van der Waals surface area contributed by atoms with Crippen LogP contribution in [0.3, 0.4) is 0 Å². The van der Waals surface area contributed by atoms with Gasteiger partial charge in [-0.05, 0) is 44.0 Å². The topological polar surface area (TPSA) is 79.0 Å². The number of carbonyl (C=O) groups is 1. The number of benzene rings is 1. The van der Waals surface area contributed by atoms with Crippen molar-refractivity contribution in [3.63, 3.8) is 0 Å². The molecule has 1 aromatic carbocycles. The fourth-order valence-corrected chi connectivity index (χ4v) is 5.93. The van der Waals surface area contributed by atoms with Crippen LogP contribution in [0, 0.1) is 5.92 Å². The summed E-state index contributed by atoms with van der Waals surface area (Å²) in [5, 5.41) is 3.39. The number of hydrogen-bond donors (Lipinski definition) is 1. The van der Waals surface area contributed by atoms with Gasteiger partial charge in [0.05, 0.1) is 24.2 Å². The van der Waals surface area contributed by atoms with Gasteiger partial charge in [-0.25, -0.2) is 8.42 Å². The summed E-state index contributed by atoms with van der Waals surface area (Å²) >= 11 is 12.0. The van der Waals surface area contributed by atoms with Crippen LogP contribution in [-0.2, 0) is 19.6 Å². The second kappa shape index (κ2) is 10.4. The largest absolute Gasteiger partial charge is 0.379 e. The predicted octanol–water partition coefficient (Wildman–Crippen LogP) is 2.23. The molecule has 0 unspecified atom stereocenters.